The van der Waals surface area contributed by atoms with E-state index in [2.05, 4.69) is 45.9 Å². The predicted molar refractivity (Wildman–Crippen MR) is 91.9 cm³/mol. The zero-order valence-electron chi connectivity index (χ0n) is 14.5. The average Bonchev–Trinajstić information content (AvgIpc) is 2.38. The fraction of sp³-hybridized carbons (Fsp3) is 0.579. The Morgan fingerprint density at radius 2 is 1.52 bits per heavy atom. The van der Waals surface area contributed by atoms with E-state index in [-0.39, 0.29) is 11.7 Å². The maximum Gasteiger partial charge on any atom is 0.138 e. The molecule has 1 rings (SSSR count). The van der Waals surface area contributed by atoms with Crippen LogP contribution in [-0.4, -0.2) is 11.5 Å². The Labute approximate surface area is 129 Å². The van der Waals surface area contributed by atoms with Crippen LogP contribution < -0.4 is 0 Å². The lowest BCUT2D eigenvalue weighted by atomic mass is 9.92. The van der Waals surface area contributed by atoms with Gasteiger partial charge in [-0.15, -0.1) is 0 Å². The van der Waals surface area contributed by atoms with E-state index >= 15 is 0 Å². The molecule has 21 heavy (non-hydrogen) atoms. The van der Waals surface area contributed by atoms with Crippen molar-refractivity contribution in [2.45, 2.75) is 66.7 Å². The number of rotatable bonds is 6. The van der Waals surface area contributed by atoms with Gasteiger partial charge < -0.3 is 0 Å². The summed E-state index contributed by atoms with van der Waals surface area (Å²) in [6.07, 6.45) is 0.811. The van der Waals surface area contributed by atoms with Gasteiger partial charge in [-0.25, -0.2) is 0 Å². The summed E-state index contributed by atoms with van der Waals surface area (Å²) >= 11 is 0. The molecule has 0 aliphatic rings. The topological polar surface area (TPSA) is 29.4 Å². The molecular weight excluding hydrogens is 258 g/mol. The summed E-state index contributed by atoms with van der Waals surface area (Å²) in [6.45, 7) is 14.4. The molecule has 0 spiro atoms. The van der Waals surface area contributed by atoms with E-state index in [0.717, 1.165) is 17.8 Å². The Balaban J connectivity index is 3.42. The molecule has 0 radical (unpaired) electrons. The quantitative estimate of drug-likeness (QED) is 0.622. The van der Waals surface area contributed by atoms with E-state index in [1.54, 1.807) is 6.92 Å². The van der Waals surface area contributed by atoms with Crippen molar-refractivity contribution >= 4 is 17.2 Å². The standard InChI is InChI=1S/C19H29NO/c1-8-16(15(7)21)14(6)20-19-17(12(2)3)10-9-11-18(19)13(4)5/h9-13,16H,8H2,1-7H3/b20-14+. The summed E-state index contributed by atoms with van der Waals surface area (Å²) in [5.41, 5.74) is 4.53. The number of para-hydroxylation sites is 1. The van der Waals surface area contributed by atoms with Crippen LogP contribution in [-0.2, 0) is 4.79 Å². The van der Waals surface area contributed by atoms with E-state index in [1.807, 2.05) is 13.8 Å². The lowest BCUT2D eigenvalue weighted by molar-refractivity contribution is -0.118. The molecule has 2 nitrogen and oxygen atoms in total. The van der Waals surface area contributed by atoms with Crippen LogP contribution >= 0.6 is 0 Å². The molecule has 0 N–H and O–H groups in total. The zero-order valence-corrected chi connectivity index (χ0v) is 14.5. The van der Waals surface area contributed by atoms with Crippen molar-refractivity contribution in [3.8, 4) is 0 Å². The van der Waals surface area contributed by atoms with Crippen LogP contribution in [0.25, 0.3) is 0 Å². The van der Waals surface area contributed by atoms with Gasteiger partial charge in [0.15, 0.2) is 0 Å². The molecule has 0 aliphatic carbocycles. The molecule has 1 aromatic carbocycles. The van der Waals surface area contributed by atoms with Gasteiger partial charge in [0.2, 0.25) is 0 Å². The van der Waals surface area contributed by atoms with Gasteiger partial charge in [-0.05, 0) is 43.2 Å². The van der Waals surface area contributed by atoms with Crippen molar-refractivity contribution in [2.24, 2.45) is 10.9 Å². The molecule has 1 unspecified atom stereocenters. The number of aliphatic imine (C=N–C) groups is 1. The highest BCUT2D eigenvalue weighted by atomic mass is 16.1. The summed E-state index contributed by atoms with van der Waals surface area (Å²) < 4.78 is 0. The Hall–Kier alpha value is -1.44. The second-order valence-corrected chi connectivity index (χ2v) is 6.42. The van der Waals surface area contributed by atoms with Crippen molar-refractivity contribution in [1.82, 2.24) is 0 Å². The van der Waals surface area contributed by atoms with Crippen LogP contribution in [0.15, 0.2) is 23.2 Å². The highest BCUT2D eigenvalue weighted by Gasteiger charge is 2.18. The average molecular weight is 287 g/mol. The second kappa shape index (κ2) is 7.53. The van der Waals surface area contributed by atoms with Crippen LogP contribution in [0.5, 0.6) is 0 Å². The zero-order chi connectivity index (χ0) is 16.2. The van der Waals surface area contributed by atoms with Gasteiger partial charge in [0, 0.05) is 5.71 Å². The molecule has 0 bridgehead atoms. The molecule has 0 aromatic heterocycles. The van der Waals surface area contributed by atoms with Gasteiger partial charge in [0.1, 0.15) is 5.78 Å². The number of benzene rings is 1. The Bertz CT molecular complexity index is 500. The van der Waals surface area contributed by atoms with Gasteiger partial charge >= 0.3 is 0 Å². The van der Waals surface area contributed by atoms with E-state index in [4.69, 9.17) is 4.99 Å². The van der Waals surface area contributed by atoms with Gasteiger partial charge in [0.05, 0.1) is 11.6 Å². The molecular formula is C19H29NO. The van der Waals surface area contributed by atoms with Crippen molar-refractivity contribution in [2.75, 3.05) is 0 Å². The third kappa shape index (κ3) is 4.26. The normalized spacial score (nSPS) is 13.9. The number of hydrogen-bond acceptors (Lipinski definition) is 2. The highest BCUT2D eigenvalue weighted by Crippen LogP contribution is 2.35. The fourth-order valence-corrected chi connectivity index (χ4v) is 2.77. The third-order valence-corrected chi connectivity index (χ3v) is 4.03. The SMILES string of the molecule is CCC(C(C)=O)/C(C)=N/c1c(C(C)C)cccc1C(C)C. The monoisotopic (exact) mass is 287 g/mol. The molecule has 1 aromatic rings. The Kier molecular flexibility index (Phi) is 6.32. The lowest BCUT2D eigenvalue weighted by Crippen LogP contribution is -2.18. The van der Waals surface area contributed by atoms with Crippen molar-refractivity contribution in [1.29, 1.82) is 0 Å². The molecule has 0 fully saturated rings. The van der Waals surface area contributed by atoms with Crippen LogP contribution in [0.4, 0.5) is 5.69 Å². The molecule has 1 atom stereocenters. The fourth-order valence-electron chi connectivity index (χ4n) is 2.77. The molecule has 0 amide bonds. The molecule has 0 aliphatic heterocycles. The first-order valence-electron chi connectivity index (χ1n) is 7.97. The smallest absolute Gasteiger partial charge is 0.138 e. The van der Waals surface area contributed by atoms with Crippen LogP contribution in [0, 0.1) is 5.92 Å². The van der Waals surface area contributed by atoms with Crippen LogP contribution in [0.1, 0.15) is 77.8 Å². The molecule has 2 heteroatoms. The molecule has 0 saturated carbocycles. The van der Waals surface area contributed by atoms with E-state index in [0.29, 0.717) is 11.8 Å². The first kappa shape index (κ1) is 17.6. The summed E-state index contributed by atoms with van der Waals surface area (Å²) in [5.74, 6) is 0.984. The minimum atomic E-state index is -0.0646. The number of Topliss-reactive ketones (excluding diaryl/α,β-unsaturated/α-hetero) is 1. The molecule has 116 valence electrons. The summed E-state index contributed by atoms with van der Waals surface area (Å²) in [6, 6.07) is 6.41. The van der Waals surface area contributed by atoms with Gasteiger partial charge in [-0.2, -0.15) is 0 Å². The van der Waals surface area contributed by atoms with Gasteiger partial charge in [-0.1, -0.05) is 52.8 Å². The number of nitrogens with zero attached hydrogens (tertiary/aromatic N) is 1. The second-order valence-electron chi connectivity index (χ2n) is 6.42. The summed E-state index contributed by atoms with van der Waals surface area (Å²) in [5, 5.41) is 0. The Morgan fingerprint density at radius 1 is 1.05 bits per heavy atom. The van der Waals surface area contributed by atoms with E-state index in [9.17, 15) is 4.79 Å². The van der Waals surface area contributed by atoms with E-state index < -0.39 is 0 Å². The first-order chi connectivity index (χ1) is 9.79. The largest absolute Gasteiger partial charge is 0.299 e. The van der Waals surface area contributed by atoms with Gasteiger partial charge in [-0.3, -0.25) is 9.79 Å². The van der Waals surface area contributed by atoms with Crippen molar-refractivity contribution in [3.63, 3.8) is 0 Å². The van der Waals surface area contributed by atoms with Crippen molar-refractivity contribution < 1.29 is 4.79 Å². The lowest BCUT2D eigenvalue weighted by Gasteiger charge is -2.18. The summed E-state index contributed by atoms with van der Waals surface area (Å²) in [7, 11) is 0. The van der Waals surface area contributed by atoms with Gasteiger partial charge in [0.25, 0.3) is 0 Å². The first-order valence-corrected chi connectivity index (χ1v) is 7.97. The summed E-state index contributed by atoms with van der Waals surface area (Å²) in [4.78, 5) is 16.7. The van der Waals surface area contributed by atoms with Crippen molar-refractivity contribution in [3.05, 3.63) is 29.3 Å². The van der Waals surface area contributed by atoms with E-state index in [1.165, 1.54) is 11.1 Å². The van der Waals surface area contributed by atoms with Crippen LogP contribution in [0.2, 0.25) is 0 Å². The predicted octanol–water partition coefficient (Wildman–Crippen LogP) is 5.64. The minimum absolute atomic E-state index is 0.0646. The number of carbonyl (C=O) groups excluding carboxylic acids is 1. The Morgan fingerprint density at radius 3 is 1.86 bits per heavy atom. The molecule has 0 saturated heterocycles. The van der Waals surface area contributed by atoms with Crippen LogP contribution in [0.3, 0.4) is 0 Å². The number of carbonyl (C=O) groups is 1. The number of ketones is 1. The number of hydrogen-bond donors (Lipinski definition) is 0. The third-order valence-electron chi connectivity index (χ3n) is 4.03. The highest BCUT2D eigenvalue weighted by molar-refractivity contribution is 6.04. The maximum atomic E-state index is 11.8. The maximum absolute atomic E-state index is 11.8. The minimum Gasteiger partial charge on any atom is -0.299 e. The molecule has 0 heterocycles.